The maximum absolute atomic E-state index is 8.74. The molecule has 0 aromatic heterocycles. The quantitative estimate of drug-likeness (QED) is 0.313. The fraction of sp³-hybridized carbons (Fsp3) is 0. The summed E-state index contributed by atoms with van der Waals surface area (Å²) in [7, 11) is -4.67. The molecule has 2 radical (unpaired) electrons. The van der Waals surface area contributed by atoms with E-state index in [1.54, 1.807) is 0 Å². The van der Waals surface area contributed by atoms with Crippen LogP contribution in [0, 0.1) is 0 Å². The Balaban J connectivity index is -0.0000000800. The van der Waals surface area contributed by atoms with Crippen molar-refractivity contribution in [1.82, 2.24) is 0 Å². The molecule has 0 aliphatic rings. The van der Waals surface area contributed by atoms with Crippen LogP contribution in [-0.2, 0) is 10.4 Å². The maximum Gasteiger partial charge on any atom is 0.394 e. The van der Waals surface area contributed by atoms with Crippen molar-refractivity contribution in [3.05, 3.63) is 0 Å². The molecule has 0 aliphatic heterocycles. The summed E-state index contributed by atoms with van der Waals surface area (Å²) in [5.41, 5.74) is 0. The molecule has 7 heteroatoms. The van der Waals surface area contributed by atoms with Crippen LogP contribution in [0.5, 0.6) is 0 Å². The average Bonchev–Trinajstić information content (AvgIpc) is 0.722. The third-order valence-electron chi connectivity index (χ3n) is 0. The van der Waals surface area contributed by atoms with Crippen molar-refractivity contribution in [3.8, 4) is 0 Å². The molecule has 0 aromatic rings. The van der Waals surface area contributed by atoms with Crippen LogP contribution in [-0.4, -0.2) is 72.1 Å². The first-order valence-electron chi connectivity index (χ1n) is 0.698. The second-order valence-corrected chi connectivity index (χ2v) is 1.34. The molecule has 7 heavy (non-hydrogen) atoms. The molecule has 0 unspecified atom stereocenters. The fourth-order valence-electron chi connectivity index (χ4n) is 0. The molecule has 0 aliphatic carbocycles. The molecule has 0 spiro atoms. The molecule has 0 saturated heterocycles. The Morgan fingerprint density at radius 2 is 1.00 bits per heavy atom. The molecule has 2 N–H and O–H groups in total. The van der Waals surface area contributed by atoms with Crippen molar-refractivity contribution < 1.29 is 17.5 Å². The van der Waals surface area contributed by atoms with E-state index in [0.717, 1.165) is 0 Å². The van der Waals surface area contributed by atoms with Gasteiger partial charge in [-0.05, 0) is 0 Å². The topological polar surface area (TPSA) is 74.6 Å². The third-order valence-corrected chi connectivity index (χ3v) is 0. The molecular formula is H2O4STl2. The van der Waals surface area contributed by atoms with Crippen LogP contribution in [0.25, 0.3) is 0 Å². The van der Waals surface area contributed by atoms with Gasteiger partial charge in [0.25, 0.3) is 0 Å². The Labute approximate surface area is 81.6 Å². The molecule has 0 rings (SSSR count). The van der Waals surface area contributed by atoms with Gasteiger partial charge in [-0.25, -0.2) is 0 Å². The van der Waals surface area contributed by atoms with Gasteiger partial charge in [0, 0.05) is 54.6 Å². The van der Waals surface area contributed by atoms with Crippen LogP contribution in [0.15, 0.2) is 0 Å². The van der Waals surface area contributed by atoms with E-state index < -0.39 is 10.4 Å². The van der Waals surface area contributed by atoms with Crippen LogP contribution in [0.3, 0.4) is 0 Å². The van der Waals surface area contributed by atoms with Crippen molar-refractivity contribution in [2.24, 2.45) is 0 Å². The van der Waals surface area contributed by atoms with E-state index >= 15 is 0 Å². The van der Waals surface area contributed by atoms with Gasteiger partial charge in [0.1, 0.15) is 0 Å². The van der Waals surface area contributed by atoms with Gasteiger partial charge < -0.3 is 0 Å². The van der Waals surface area contributed by atoms with Crippen molar-refractivity contribution in [3.63, 3.8) is 0 Å². The zero-order valence-electron chi connectivity index (χ0n) is 3.27. The normalized spacial score (nSPS) is 8.29. The van der Waals surface area contributed by atoms with Gasteiger partial charge in [0.2, 0.25) is 0 Å². The van der Waals surface area contributed by atoms with Crippen molar-refractivity contribution in [1.29, 1.82) is 0 Å². The Bertz CT molecular complexity index is 92.9. The Hall–Kier alpha value is 1.71. The van der Waals surface area contributed by atoms with Gasteiger partial charge in [-0.2, -0.15) is 8.42 Å². The van der Waals surface area contributed by atoms with E-state index in [2.05, 4.69) is 0 Å². The van der Waals surface area contributed by atoms with E-state index in [0.29, 0.717) is 0 Å². The Morgan fingerprint density at radius 1 is 1.00 bits per heavy atom. The largest absolute Gasteiger partial charge is 0.394 e. The number of rotatable bonds is 0. The minimum absolute atomic E-state index is 0. The summed E-state index contributed by atoms with van der Waals surface area (Å²) >= 11 is 0. The van der Waals surface area contributed by atoms with Crippen LogP contribution in [0.2, 0.25) is 0 Å². The van der Waals surface area contributed by atoms with Gasteiger partial charge in [0.05, 0.1) is 0 Å². The molecule has 0 aromatic carbocycles. The van der Waals surface area contributed by atoms with Gasteiger partial charge in [-0.1, -0.05) is 0 Å². The minimum Gasteiger partial charge on any atom is -0.264 e. The molecule has 0 fully saturated rings. The standard InChI is InChI=1S/H2O4S.2Tl/c1-5(2,3)4;;/h(H2,1,2,3,4);;. The molecule has 0 saturated carbocycles. The van der Waals surface area contributed by atoms with E-state index in [9.17, 15) is 0 Å². The van der Waals surface area contributed by atoms with E-state index in [4.69, 9.17) is 17.5 Å². The van der Waals surface area contributed by atoms with Crippen LogP contribution < -0.4 is 0 Å². The van der Waals surface area contributed by atoms with Gasteiger partial charge in [0.15, 0.2) is 0 Å². The molecule has 0 heterocycles. The summed E-state index contributed by atoms with van der Waals surface area (Å²) in [5, 5.41) is 0. The summed E-state index contributed by atoms with van der Waals surface area (Å²) in [6, 6.07) is 0. The summed E-state index contributed by atoms with van der Waals surface area (Å²) in [6.07, 6.45) is 0. The van der Waals surface area contributed by atoms with Crippen LogP contribution in [0.4, 0.5) is 0 Å². The predicted molar refractivity (Wildman–Crippen MR) is 25.7 cm³/mol. The van der Waals surface area contributed by atoms with Crippen molar-refractivity contribution in [2.75, 3.05) is 0 Å². The van der Waals surface area contributed by atoms with E-state index in [-0.39, 0.29) is 54.6 Å². The van der Waals surface area contributed by atoms with Gasteiger partial charge in [-0.3, -0.25) is 9.11 Å². The summed E-state index contributed by atoms with van der Waals surface area (Å²) in [6.45, 7) is 0. The Kier molecular flexibility index (Phi) is 13.3. The van der Waals surface area contributed by atoms with Gasteiger partial charge >= 0.3 is 10.4 Å². The fourth-order valence-corrected chi connectivity index (χ4v) is 0. The second kappa shape index (κ2) is 5.84. The monoisotopic (exact) mass is 508 g/mol. The SMILES string of the molecule is O=S(=O)(O)O.[Tl].[Tl]. The maximum atomic E-state index is 8.74. The molecule has 0 atom stereocenters. The first kappa shape index (κ1) is 15.9. The molecule has 38 valence electrons. The molecular weight excluding hydrogens is 505 g/mol. The average molecular weight is 507 g/mol. The van der Waals surface area contributed by atoms with Gasteiger partial charge in [-0.15, -0.1) is 0 Å². The van der Waals surface area contributed by atoms with E-state index in [1.807, 2.05) is 0 Å². The molecule has 4 nitrogen and oxygen atoms in total. The van der Waals surface area contributed by atoms with Crippen LogP contribution >= 0.6 is 0 Å². The third kappa shape index (κ3) is 85.7. The summed E-state index contributed by atoms with van der Waals surface area (Å²) in [5.74, 6) is 0. The minimum atomic E-state index is -4.67. The Morgan fingerprint density at radius 3 is 1.00 bits per heavy atom. The molecule has 0 amide bonds. The zero-order chi connectivity index (χ0) is 4.50. The second-order valence-electron chi connectivity index (χ2n) is 0.448. The number of hydrogen-bond acceptors (Lipinski definition) is 2. The van der Waals surface area contributed by atoms with E-state index in [1.165, 1.54) is 0 Å². The van der Waals surface area contributed by atoms with Crippen molar-refractivity contribution >= 4 is 65.0 Å². The first-order valence-corrected chi connectivity index (χ1v) is 2.10. The summed E-state index contributed by atoms with van der Waals surface area (Å²) in [4.78, 5) is 0. The predicted octanol–water partition coefficient (Wildman–Crippen LogP) is -1.41. The van der Waals surface area contributed by atoms with Crippen LogP contribution in [0.1, 0.15) is 0 Å². The first-order chi connectivity index (χ1) is 2.00. The molecule has 0 bridgehead atoms. The number of hydrogen-bond donors (Lipinski definition) is 2. The zero-order valence-corrected chi connectivity index (χ0v) is 13.1. The summed E-state index contributed by atoms with van der Waals surface area (Å²) < 4.78 is 31.6. The smallest absolute Gasteiger partial charge is 0.264 e. The van der Waals surface area contributed by atoms with Crippen molar-refractivity contribution in [2.45, 2.75) is 0 Å².